The number of fused-ring (bicyclic) bond motifs is 1. The molecule has 1 aromatic heterocycles. The minimum Gasteiger partial charge on any atom is -0.504 e. The van der Waals surface area contributed by atoms with Gasteiger partial charge in [0.15, 0.2) is 5.75 Å². The normalized spacial score (nSPS) is 12.1. The SMILES string of the molecule is CC(C)c1cc(O)c2ooc2c1C(C)C. The molecule has 0 unspecified atom stereocenters. The largest absolute Gasteiger partial charge is 0.504 e. The van der Waals surface area contributed by atoms with Crippen LogP contribution in [-0.4, -0.2) is 5.11 Å². The first-order valence-electron chi connectivity index (χ1n) is 5.26. The monoisotopic (exact) mass is 208 g/mol. The Morgan fingerprint density at radius 3 is 2.00 bits per heavy atom. The number of hydrogen-bond donors (Lipinski definition) is 1. The predicted molar refractivity (Wildman–Crippen MR) is 58.3 cm³/mol. The van der Waals surface area contributed by atoms with Gasteiger partial charge < -0.3 is 5.11 Å². The third kappa shape index (κ3) is 1.42. The molecule has 15 heavy (non-hydrogen) atoms. The lowest BCUT2D eigenvalue weighted by Gasteiger charge is -2.18. The molecule has 3 heteroatoms. The molecular formula is C12H16O3. The van der Waals surface area contributed by atoms with Crippen molar-refractivity contribution in [3.63, 3.8) is 0 Å². The summed E-state index contributed by atoms with van der Waals surface area (Å²) < 4.78 is 9.76. The maximum Gasteiger partial charge on any atom is 0.267 e. The average Bonchev–Trinajstić information content (AvgIpc) is 2.06. The van der Waals surface area contributed by atoms with E-state index in [-0.39, 0.29) is 5.75 Å². The fourth-order valence-electron chi connectivity index (χ4n) is 1.95. The highest BCUT2D eigenvalue weighted by atomic mass is 17.0. The second-order valence-corrected chi connectivity index (χ2v) is 4.53. The molecule has 0 fully saturated rings. The van der Waals surface area contributed by atoms with E-state index in [0.717, 1.165) is 11.1 Å². The van der Waals surface area contributed by atoms with Crippen molar-refractivity contribution in [2.24, 2.45) is 0 Å². The summed E-state index contributed by atoms with van der Waals surface area (Å²) in [5.74, 6) is 0.896. The van der Waals surface area contributed by atoms with Gasteiger partial charge in [0, 0.05) is 5.56 Å². The zero-order valence-corrected chi connectivity index (χ0v) is 9.50. The van der Waals surface area contributed by atoms with Crippen LogP contribution >= 0.6 is 0 Å². The van der Waals surface area contributed by atoms with Crippen molar-refractivity contribution < 1.29 is 14.3 Å². The second-order valence-electron chi connectivity index (χ2n) is 4.53. The van der Waals surface area contributed by atoms with Crippen LogP contribution in [0.2, 0.25) is 0 Å². The van der Waals surface area contributed by atoms with Gasteiger partial charge in [-0.15, -0.1) is 0 Å². The number of rotatable bonds is 2. The quantitative estimate of drug-likeness (QED) is 0.759. The van der Waals surface area contributed by atoms with Crippen LogP contribution in [0.25, 0.3) is 11.2 Å². The summed E-state index contributed by atoms with van der Waals surface area (Å²) in [7, 11) is 0. The molecule has 0 bridgehead atoms. The Bertz CT molecular complexity index is 474. The van der Waals surface area contributed by atoms with Gasteiger partial charge in [0.05, 0.1) is 0 Å². The van der Waals surface area contributed by atoms with Crippen molar-refractivity contribution in [3.05, 3.63) is 17.2 Å². The maximum atomic E-state index is 9.68. The van der Waals surface area contributed by atoms with Crippen molar-refractivity contribution in [1.82, 2.24) is 0 Å². The Hall–Kier alpha value is -1.38. The molecule has 3 nitrogen and oxygen atoms in total. The minimum atomic E-state index is 0.171. The Morgan fingerprint density at radius 2 is 1.60 bits per heavy atom. The number of hydrogen-bond acceptors (Lipinski definition) is 3. The molecule has 0 aliphatic rings. The Kier molecular flexibility index (Phi) is 2.25. The van der Waals surface area contributed by atoms with Gasteiger partial charge in [-0.05, 0) is 23.5 Å². The minimum absolute atomic E-state index is 0.171. The molecule has 0 aliphatic carbocycles. The zero-order chi connectivity index (χ0) is 11.2. The molecule has 1 heterocycles. The summed E-state index contributed by atoms with van der Waals surface area (Å²) >= 11 is 0. The molecule has 1 aromatic carbocycles. The second kappa shape index (κ2) is 3.33. The van der Waals surface area contributed by atoms with Crippen molar-refractivity contribution in [1.29, 1.82) is 0 Å². The van der Waals surface area contributed by atoms with Crippen LogP contribution in [-0.2, 0) is 0 Å². The molecule has 0 atom stereocenters. The van der Waals surface area contributed by atoms with E-state index < -0.39 is 0 Å². The average molecular weight is 208 g/mol. The lowest BCUT2D eigenvalue weighted by molar-refractivity contribution is 0.0553. The molecule has 0 radical (unpaired) electrons. The van der Waals surface area contributed by atoms with E-state index >= 15 is 0 Å². The van der Waals surface area contributed by atoms with Gasteiger partial charge in [-0.1, -0.05) is 27.7 Å². The molecule has 1 N–H and O–H groups in total. The van der Waals surface area contributed by atoms with Crippen LogP contribution in [0.5, 0.6) is 5.75 Å². The molecule has 0 amide bonds. The summed E-state index contributed by atoms with van der Waals surface area (Å²) in [6.45, 7) is 8.43. The fraction of sp³-hybridized carbons (Fsp3) is 0.500. The van der Waals surface area contributed by atoms with Crippen LogP contribution in [0.3, 0.4) is 0 Å². The van der Waals surface area contributed by atoms with E-state index in [1.807, 2.05) is 0 Å². The standard InChI is InChI=1S/C12H16O3/c1-6(2)8-5-9(13)11-12(15-14-11)10(8)7(3)4/h5-7,13H,1-4H3. The predicted octanol–water partition coefficient (Wildman–Crippen LogP) is 3.98. The molecule has 0 saturated carbocycles. The highest BCUT2D eigenvalue weighted by Crippen LogP contribution is 2.39. The smallest absolute Gasteiger partial charge is 0.267 e. The van der Waals surface area contributed by atoms with Crippen LogP contribution in [0.4, 0.5) is 0 Å². The van der Waals surface area contributed by atoms with Gasteiger partial charge in [-0.2, -0.15) is 0 Å². The van der Waals surface area contributed by atoms with Gasteiger partial charge >= 0.3 is 0 Å². The van der Waals surface area contributed by atoms with Crippen LogP contribution < -0.4 is 0 Å². The van der Waals surface area contributed by atoms with Crippen molar-refractivity contribution in [2.75, 3.05) is 0 Å². The highest BCUT2D eigenvalue weighted by Gasteiger charge is 2.23. The third-order valence-corrected chi connectivity index (χ3v) is 2.69. The van der Waals surface area contributed by atoms with E-state index in [4.69, 9.17) is 9.15 Å². The lowest BCUT2D eigenvalue weighted by atomic mass is 9.89. The molecule has 2 aromatic rings. The first-order chi connectivity index (χ1) is 7.02. The van der Waals surface area contributed by atoms with Crippen LogP contribution in [0, 0.1) is 0 Å². The van der Waals surface area contributed by atoms with Gasteiger partial charge in [0.1, 0.15) is 0 Å². The molecule has 0 aliphatic heterocycles. The van der Waals surface area contributed by atoms with Gasteiger partial charge in [-0.25, -0.2) is 0 Å². The van der Waals surface area contributed by atoms with E-state index in [1.54, 1.807) is 6.07 Å². The van der Waals surface area contributed by atoms with E-state index in [1.165, 1.54) is 0 Å². The summed E-state index contributed by atoms with van der Waals surface area (Å²) in [5.41, 5.74) is 3.45. The number of phenolic OH excluding ortho intramolecular Hbond substituents is 1. The summed E-state index contributed by atoms with van der Waals surface area (Å²) in [5, 5.41) is 9.68. The first kappa shape index (κ1) is 10.1. The van der Waals surface area contributed by atoms with Crippen molar-refractivity contribution >= 4 is 11.2 Å². The maximum absolute atomic E-state index is 9.68. The van der Waals surface area contributed by atoms with E-state index in [0.29, 0.717) is 23.0 Å². The summed E-state index contributed by atoms with van der Waals surface area (Å²) in [4.78, 5) is 0. The molecule has 0 spiro atoms. The fourth-order valence-corrected chi connectivity index (χ4v) is 1.95. The molecule has 2 rings (SSSR count). The number of aromatic hydroxyl groups is 1. The molecular weight excluding hydrogens is 192 g/mol. The third-order valence-electron chi connectivity index (χ3n) is 2.69. The number of benzene rings is 1. The Labute approximate surface area is 88.6 Å². The topological polar surface area (TPSA) is 46.5 Å². The zero-order valence-electron chi connectivity index (χ0n) is 9.50. The highest BCUT2D eigenvalue weighted by molar-refractivity contribution is 5.83. The van der Waals surface area contributed by atoms with Gasteiger partial charge in [-0.3, -0.25) is 9.15 Å². The van der Waals surface area contributed by atoms with Crippen LogP contribution in [0.1, 0.15) is 50.7 Å². The van der Waals surface area contributed by atoms with E-state index in [9.17, 15) is 5.11 Å². The van der Waals surface area contributed by atoms with Crippen LogP contribution in [0.15, 0.2) is 15.2 Å². The van der Waals surface area contributed by atoms with Crippen molar-refractivity contribution in [3.8, 4) is 5.75 Å². The number of phenols is 1. The van der Waals surface area contributed by atoms with E-state index in [2.05, 4.69) is 27.7 Å². The Balaban J connectivity index is 2.72. The first-order valence-corrected chi connectivity index (χ1v) is 5.26. The summed E-state index contributed by atoms with van der Waals surface area (Å²) in [6, 6.07) is 1.78. The molecule has 0 saturated heterocycles. The Morgan fingerprint density at radius 1 is 1.00 bits per heavy atom. The van der Waals surface area contributed by atoms with Gasteiger partial charge in [0.25, 0.3) is 5.58 Å². The molecule has 82 valence electrons. The van der Waals surface area contributed by atoms with Gasteiger partial charge in [0.2, 0.25) is 5.58 Å². The van der Waals surface area contributed by atoms with Crippen molar-refractivity contribution in [2.45, 2.75) is 39.5 Å². The lowest BCUT2D eigenvalue weighted by Crippen LogP contribution is -2.01. The summed E-state index contributed by atoms with van der Waals surface area (Å²) in [6.07, 6.45) is 0.